The third kappa shape index (κ3) is 3.68. The number of halogens is 1. The molecule has 1 amide bonds. The van der Waals surface area contributed by atoms with Crippen LogP contribution in [0.3, 0.4) is 0 Å². The van der Waals surface area contributed by atoms with Gasteiger partial charge in [0.1, 0.15) is 17.4 Å². The smallest absolute Gasteiger partial charge is 0.247 e. The molecule has 1 atom stereocenters. The molecule has 29 heavy (non-hydrogen) atoms. The molecule has 0 N–H and O–H groups in total. The summed E-state index contributed by atoms with van der Waals surface area (Å²) in [4.78, 5) is 19.6. The Morgan fingerprint density at radius 1 is 1.28 bits per heavy atom. The minimum absolute atomic E-state index is 0.0181. The predicted octanol–water partition coefficient (Wildman–Crippen LogP) is 5.65. The van der Waals surface area contributed by atoms with Gasteiger partial charge in [0.15, 0.2) is 0 Å². The number of amides is 1. The van der Waals surface area contributed by atoms with Crippen LogP contribution in [-0.2, 0) is 4.79 Å². The van der Waals surface area contributed by atoms with Crippen molar-refractivity contribution in [2.24, 2.45) is 0 Å². The van der Waals surface area contributed by atoms with Gasteiger partial charge in [-0.1, -0.05) is 29.8 Å². The van der Waals surface area contributed by atoms with Gasteiger partial charge in [-0.3, -0.25) is 4.79 Å². The summed E-state index contributed by atoms with van der Waals surface area (Å²) < 4.78 is 6.93. The molecule has 1 fully saturated rings. The lowest BCUT2D eigenvalue weighted by atomic mass is 10.1. The monoisotopic (exact) mass is 422 g/mol. The van der Waals surface area contributed by atoms with Crippen molar-refractivity contribution in [3.63, 3.8) is 0 Å². The lowest BCUT2D eigenvalue weighted by Crippen LogP contribution is -2.28. The number of para-hydroxylation sites is 1. The average molecular weight is 423 g/mol. The maximum Gasteiger partial charge on any atom is 0.247 e. The van der Waals surface area contributed by atoms with E-state index in [9.17, 15) is 4.79 Å². The number of nitrogens with zero attached hydrogens (tertiary/aromatic N) is 2. The van der Waals surface area contributed by atoms with Crippen LogP contribution < -0.4 is 4.74 Å². The van der Waals surface area contributed by atoms with Crippen molar-refractivity contribution in [1.29, 1.82) is 0 Å². The molecule has 1 unspecified atom stereocenters. The molecule has 2 aromatic carbocycles. The molecule has 4 nitrogen and oxygen atoms in total. The summed E-state index contributed by atoms with van der Waals surface area (Å²) in [5.74, 6) is 0.831. The molecule has 1 saturated heterocycles. The van der Waals surface area contributed by atoms with E-state index in [1.807, 2.05) is 53.5 Å². The number of rotatable bonds is 3. The molecule has 3 heterocycles. The highest BCUT2D eigenvalue weighted by molar-refractivity contribution is 7.18. The normalized spacial score (nSPS) is 18.7. The van der Waals surface area contributed by atoms with E-state index in [1.54, 1.807) is 17.4 Å². The molecule has 0 bridgehead atoms. The Hall–Kier alpha value is -2.63. The second kappa shape index (κ2) is 7.65. The molecule has 0 aliphatic carbocycles. The summed E-state index contributed by atoms with van der Waals surface area (Å²) in [6.07, 6.45) is 7.47. The Morgan fingerprint density at radius 3 is 3.07 bits per heavy atom. The SMILES string of the molecule is O=C(/C=C/C1=Cc2cc(Cl)ccc2OC1)N1CCCC1c1nc2ccccc2s1. The molecule has 0 radical (unpaired) electrons. The molecular formula is C23H19ClN2O2S. The molecule has 0 saturated carbocycles. The Kier molecular flexibility index (Phi) is 4.86. The van der Waals surface area contributed by atoms with E-state index in [-0.39, 0.29) is 11.9 Å². The van der Waals surface area contributed by atoms with Crippen LogP contribution in [0.1, 0.15) is 29.5 Å². The first-order chi connectivity index (χ1) is 14.2. The highest BCUT2D eigenvalue weighted by atomic mass is 35.5. The average Bonchev–Trinajstić information content (AvgIpc) is 3.38. The fraction of sp³-hybridized carbons (Fsp3) is 0.217. The molecule has 146 valence electrons. The number of ether oxygens (including phenoxy) is 1. The van der Waals surface area contributed by atoms with Gasteiger partial charge < -0.3 is 9.64 Å². The molecule has 1 aromatic heterocycles. The van der Waals surface area contributed by atoms with E-state index in [0.29, 0.717) is 11.6 Å². The van der Waals surface area contributed by atoms with Gasteiger partial charge >= 0.3 is 0 Å². The van der Waals surface area contributed by atoms with Gasteiger partial charge in [0.2, 0.25) is 5.91 Å². The first-order valence-corrected chi connectivity index (χ1v) is 10.8. The van der Waals surface area contributed by atoms with Gasteiger partial charge in [-0.05, 0) is 54.8 Å². The van der Waals surface area contributed by atoms with E-state index in [2.05, 4.69) is 6.07 Å². The van der Waals surface area contributed by atoms with Crippen LogP contribution in [0.5, 0.6) is 5.75 Å². The summed E-state index contributed by atoms with van der Waals surface area (Å²) in [5.41, 5.74) is 2.89. The van der Waals surface area contributed by atoms with E-state index >= 15 is 0 Å². The zero-order chi connectivity index (χ0) is 19.8. The van der Waals surface area contributed by atoms with Gasteiger partial charge in [0.25, 0.3) is 0 Å². The highest BCUT2D eigenvalue weighted by Gasteiger charge is 2.31. The van der Waals surface area contributed by atoms with Crippen molar-refractivity contribution in [3.05, 3.63) is 75.8 Å². The Bertz CT molecular complexity index is 1120. The van der Waals surface area contributed by atoms with Crippen LogP contribution in [0.25, 0.3) is 16.3 Å². The second-order valence-electron chi connectivity index (χ2n) is 7.23. The molecule has 6 heteroatoms. The highest BCUT2D eigenvalue weighted by Crippen LogP contribution is 2.36. The summed E-state index contributed by atoms with van der Waals surface area (Å²) in [5, 5.41) is 1.69. The maximum atomic E-state index is 12.9. The third-order valence-electron chi connectivity index (χ3n) is 5.28. The minimum atomic E-state index is 0.0181. The maximum absolute atomic E-state index is 12.9. The topological polar surface area (TPSA) is 42.4 Å². The number of carbonyl (C=O) groups is 1. The first kappa shape index (κ1) is 18.4. The zero-order valence-electron chi connectivity index (χ0n) is 15.7. The first-order valence-electron chi connectivity index (χ1n) is 9.64. The van der Waals surface area contributed by atoms with Crippen molar-refractivity contribution < 1.29 is 9.53 Å². The Balaban J connectivity index is 1.34. The molecule has 0 spiro atoms. The molecular weight excluding hydrogens is 404 g/mol. The van der Waals surface area contributed by atoms with Crippen molar-refractivity contribution in [2.45, 2.75) is 18.9 Å². The molecule has 2 aliphatic rings. The van der Waals surface area contributed by atoms with Crippen LogP contribution in [0.2, 0.25) is 5.02 Å². The number of hydrogen-bond acceptors (Lipinski definition) is 4. The quantitative estimate of drug-likeness (QED) is 0.512. The number of fused-ring (bicyclic) bond motifs is 2. The van der Waals surface area contributed by atoms with Gasteiger partial charge in [0, 0.05) is 23.2 Å². The lowest BCUT2D eigenvalue weighted by molar-refractivity contribution is -0.126. The predicted molar refractivity (Wildman–Crippen MR) is 117 cm³/mol. The summed E-state index contributed by atoms with van der Waals surface area (Å²) >= 11 is 7.76. The van der Waals surface area contributed by atoms with Gasteiger partial charge in [-0.2, -0.15) is 0 Å². The van der Waals surface area contributed by atoms with Crippen LogP contribution >= 0.6 is 22.9 Å². The Labute approximate surface area is 178 Å². The summed E-state index contributed by atoms with van der Waals surface area (Å²) in [6, 6.07) is 13.7. The van der Waals surface area contributed by atoms with E-state index in [4.69, 9.17) is 21.3 Å². The summed E-state index contributed by atoms with van der Waals surface area (Å²) in [7, 11) is 0. The van der Waals surface area contributed by atoms with Crippen molar-refractivity contribution >= 4 is 45.1 Å². The van der Waals surface area contributed by atoms with Crippen molar-refractivity contribution in [1.82, 2.24) is 9.88 Å². The standard InChI is InChI=1S/C23H19ClN2O2S/c24-17-8-9-20-16(13-17)12-15(14-28-20)7-10-22(27)26-11-3-5-19(26)23-25-18-4-1-2-6-21(18)29-23/h1-2,4,6-10,12-13,19H,3,5,11,14H2/b10-7+. The summed E-state index contributed by atoms with van der Waals surface area (Å²) in [6.45, 7) is 1.21. The number of likely N-dealkylation sites (tertiary alicyclic amines) is 1. The number of hydrogen-bond donors (Lipinski definition) is 0. The number of benzene rings is 2. The molecule has 3 aromatic rings. The zero-order valence-corrected chi connectivity index (χ0v) is 17.2. The number of aromatic nitrogens is 1. The van der Waals surface area contributed by atoms with Gasteiger partial charge in [-0.25, -0.2) is 4.98 Å². The number of thiazole rings is 1. The number of carbonyl (C=O) groups excluding carboxylic acids is 1. The van der Waals surface area contributed by atoms with E-state index in [0.717, 1.165) is 46.8 Å². The van der Waals surface area contributed by atoms with Crippen LogP contribution in [0.15, 0.2) is 60.2 Å². The van der Waals surface area contributed by atoms with Gasteiger partial charge in [0.05, 0.1) is 16.3 Å². The lowest BCUT2D eigenvalue weighted by Gasteiger charge is -2.21. The third-order valence-corrected chi connectivity index (χ3v) is 6.65. The minimum Gasteiger partial charge on any atom is -0.488 e. The van der Waals surface area contributed by atoms with Crippen molar-refractivity contribution in [3.8, 4) is 5.75 Å². The molecule has 5 rings (SSSR count). The van der Waals surface area contributed by atoms with Crippen LogP contribution in [-0.4, -0.2) is 28.9 Å². The molecule has 2 aliphatic heterocycles. The van der Waals surface area contributed by atoms with Crippen LogP contribution in [0.4, 0.5) is 0 Å². The van der Waals surface area contributed by atoms with Gasteiger partial charge in [-0.15, -0.1) is 11.3 Å². The van der Waals surface area contributed by atoms with E-state index in [1.165, 1.54) is 4.70 Å². The van der Waals surface area contributed by atoms with Crippen molar-refractivity contribution in [2.75, 3.05) is 13.2 Å². The van der Waals surface area contributed by atoms with E-state index < -0.39 is 0 Å². The fourth-order valence-electron chi connectivity index (χ4n) is 3.86. The second-order valence-corrected chi connectivity index (χ2v) is 8.73. The van der Waals surface area contributed by atoms with Crippen LogP contribution in [0, 0.1) is 0 Å². The fourth-order valence-corrected chi connectivity index (χ4v) is 5.15. The Morgan fingerprint density at radius 2 is 2.17 bits per heavy atom. The largest absolute Gasteiger partial charge is 0.488 e.